The zero-order chi connectivity index (χ0) is 18.4. The van der Waals surface area contributed by atoms with Gasteiger partial charge in [0.25, 0.3) is 11.8 Å². The van der Waals surface area contributed by atoms with Crippen molar-refractivity contribution < 1.29 is 13.6 Å². The zero-order valence-electron chi connectivity index (χ0n) is 13.6. The Balaban J connectivity index is 1.42. The number of para-hydroxylation sites is 1. The van der Waals surface area contributed by atoms with Crippen molar-refractivity contribution in [3.05, 3.63) is 64.5 Å². The molecule has 0 aliphatic carbocycles. The second kappa shape index (κ2) is 6.22. The second-order valence-electron chi connectivity index (χ2n) is 5.76. The number of carbonyl (C=O) groups excluding carboxylic acids is 1. The summed E-state index contributed by atoms with van der Waals surface area (Å²) >= 11 is 7.64. The summed E-state index contributed by atoms with van der Waals surface area (Å²) in [6.45, 7) is 0. The smallest absolute Gasteiger partial charge is 0.322 e. The Kier molecular flexibility index (Phi) is 3.70. The quantitative estimate of drug-likeness (QED) is 0.429. The first-order chi connectivity index (χ1) is 13.2. The van der Waals surface area contributed by atoms with E-state index >= 15 is 0 Å². The van der Waals surface area contributed by atoms with Gasteiger partial charge in [0.15, 0.2) is 5.76 Å². The van der Waals surface area contributed by atoms with Crippen LogP contribution in [0.1, 0.15) is 9.67 Å². The fourth-order valence-electron chi connectivity index (χ4n) is 2.77. The van der Waals surface area contributed by atoms with Gasteiger partial charge in [-0.15, -0.1) is 16.4 Å². The maximum Gasteiger partial charge on any atom is 0.322 e. The van der Waals surface area contributed by atoms with Crippen LogP contribution in [0.15, 0.2) is 63.4 Å². The van der Waals surface area contributed by atoms with Crippen molar-refractivity contribution in [1.29, 1.82) is 0 Å². The number of halogens is 1. The highest BCUT2D eigenvalue weighted by Crippen LogP contribution is 2.35. The minimum Gasteiger partial charge on any atom is -0.451 e. The molecule has 27 heavy (non-hydrogen) atoms. The number of rotatable bonds is 3. The molecule has 5 rings (SSSR count). The van der Waals surface area contributed by atoms with Gasteiger partial charge in [0, 0.05) is 15.5 Å². The second-order valence-corrected chi connectivity index (χ2v) is 7.19. The lowest BCUT2D eigenvalue weighted by Gasteiger charge is -1.97. The van der Waals surface area contributed by atoms with E-state index in [-0.39, 0.29) is 11.9 Å². The highest BCUT2D eigenvalue weighted by molar-refractivity contribution is 7.21. The minimum absolute atomic E-state index is 0.0241. The van der Waals surface area contributed by atoms with Gasteiger partial charge in [-0.05, 0) is 18.2 Å². The molecule has 0 unspecified atom stereocenters. The van der Waals surface area contributed by atoms with E-state index in [9.17, 15) is 4.79 Å². The van der Waals surface area contributed by atoms with Crippen LogP contribution in [0.5, 0.6) is 0 Å². The molecule has 0 saturated heterocycles. The Morgan fingerprint density at radius 1 is 1.04 bits per heavy atom. The molecular weight excluding hydrogens is 386 g/mol. The van der Waals surface area contributed by atoms with Crippen LogP contribution in [0.4, 0.5) is 6.01 Å². The van der Waals surface area contributed by atoms with Gasteiger partial charge in [-0.2, -0.15) is 0 Å². The highest BCUT2D eigenvalue weighted by atomic mass is 35.5. The molecule has 8 heteroatoms. The lowest BCUT2D eigenvalue weighted by molar-refractivity contribution is 0.102. The van der Waals surface area contributed by atoms with Crippen molar-refractivity contribution in [3.8, 4) is 11.7 Å². The number of anilines is 1. The Morgan fingerprint density at radius 2 is 1.85 bits per heavy atom. The number of nitrogens with one attached hydrogen (secondary N) is 1. The molecule has 0 radical (unpaired) electrons. The largest absolute Gasteiger partial charge is 0.451 e. The van der Waals surface area contributed by atoms with Crippen LogP contribution in [0, 0.1) is 0 Å². The normalized spacial score (nSPS) is 11.3. The van der Waals surface area contributed by atoms with Crippen LogP contribution in [0.2, 0.25) is 5.02 Å². The third-order valence-electron chi connectivity index (χ3n) is 4.02. The lowest BCUT2D eigenvalue weighted by atomic mass is 10.2. The number of thiophene rings is 1. The van der Waals surface area contributed by atoms with Crippen LogP contribution < -0.4 is 5.32 Å². The predicted octanol–water partition coefficient (Wildman–Crippen LogP) is 5.60. The third-order valence-corrected chi connectivity index (χ3v) is 5.70. The summed E-state index contributed by atoms with van der Waals surface area (Å²) in [5.74, 6) is 0.217. The molecule has 0 bridgehead atoms. The van der Waals surface area contributed by atoms with Crippen LogP contribution in [-0.4, -0.2) is 16.1 Å². The number of benzene rings is 2. The Labute approximate surface area is 161 Å². The molecule has 0 aliphatic heterocycles. The van der Waals surface area contributed by atoms with Gasteiger partial charge in [-0.3, -0.25) is 10.1 Å². The Hall–Kier alpha value is -3.16. The fraction of sp³-hybridized carbons (Fsp3) is 0. The van der Waals surface area contributed by atoms with E-state index < -0.39 is 5.91 Å². The summed E-state index contributed by atoms with van der Waals surface area (Å²) < 4.78 is 12.1. The van der Waals surface area contributed by atoms with Gasteiger partial charge in [-0.25, -0.2) is 0 Å². The molecule has 5 aromatic rings. The van der Waals surface area contributed by atoms with Crippen molar-refractivity contribution in [3.63, 3.8) is 0 Å². The van der Waals surface area contributed by atoms with E-state index in [4.69, 9.17) is 20.4 Å². The molecule has 1 N–H and O–H groups in total. The molecule has 6 nitrogen and oxygen atoms in total. The van der Waals surface area contributed by atoms with Gasteiger partial charge in [0.2, 0.25) is 0 Å². The van der Waals surface area contributed by atoms with Crippen LogP contribution in [-0.2, 0) is 0 Å². The van der Waals surface area contributed by atoms with E-state index in [1.807, 2.05) is 48.5 Å². The maximum atomic E-state index is 12.6. The summed E-state index contributed by atoms with van der Waals surface area (Å²) in [6.07, 6.45) is 0. The van der Waals surface area contributed by atoms with Crippen LogP contribution >= 0.6 is 22.9 Å². The summed E-state index contributed by atoms with van der Waals surface area (Å²) in [6, 6.07) is 16.9. The number of hydrogen-bond acceptors (Lipinski definition) is 6. The maximum absolute atomic E-state index is 12.6. The molecule has 0 atom stereocenters. The number of nitrogens with zero attached hydrogens (tertiary/aromatic N) is 2. The molecule has 1 amide bonds. The van der Waals surface area contributed by atoms with Gasteiger partial charge in [0.05, 0.1) is 5.02 Å². The number of amides is 1. The summed E-state index contributed by atoms with van der Waals surface area (Å²) in [4.78, 5) is 12.9. The van der Waals surface area contributed by atoms with E-state index in [0.29, 0.717) is 21.2 Å². The minimum atomic E-state index is -0.402. The molecular formula is C19H10ClN3O3S. The summed E-state index contributed by atoms with van der Waals surface area (Å²) in [5.41, 5.74) is 0.716. The van der Waals surface area contributed by atoms with Crippen molar-refractivity contribution >= 4 is 55.9 Å². The van der Waals surface area contributed by atoms with Crippen molar-refractivity contribution in [2.75, 3.05) is 5.32 Å². The third kappa shape index (κ3) is 2.77. The van der Waals surface area contributed by atoms with Crippen molar-refractivity contribution in [1.82, 2.24) is 10.2 Å². The van der Waals surface area contributed by atoms with E-state index in [1.165, 1.54) is 11.3 Å². The van der Waals surface area contributed by atoms with E-state index in [1.54, 1.807) is 6.07 Å². The van der Waals surface area contributed by atoms with Crippen molar-refractivity contribution in [2.24, 2.45) is 0 Å². The number of carbonyl (C=O) groups is 1. The highest BCUT2D eigenvalue weighted by Gasteiger charge is 2.20. The van der Waals surface area contributed by atoms with Crippen LogP contribution in [0.3, 0.4) is 0 Å². The molecule has 0 aliphatic rings. The molecule has 132 valence electrons. The average molecular weight is 396 g/mol. The first-order valence-corrected chi connectivity index (χ1v) is 9.19. The Morgan fingerprint density at radius 3 is 2.70 bits per heavy atom. The molecule has 2 aromatic carbocycles. The van der Waals surface area contributed by atoms with Gasteiger partial charge in [0.1, 0.15) is 10.5 Å². The summed E-state index contributed by atoms with van der Waals surface area (Å²) in [5, 5.41) is 12.6. The standard InChI is InChI=1S/C19H10ClN3O3S/c20-15-11-6-2-4-8-14(11)27-16(15)17(24)21-19-23-22-18(26-19)13-9-10-5-1-3-7-12(10)25-13/h1-9H,(H,21,23,24). The molecule has 0 fully saturated rings. The topological polar surface area (TPSA) is 81.2 Å². The molecule has 3 heterocycles. The number of furan rings is 1. The van der Waals surface area contributed by atoms with E-state index in [0.717, 1.165) is 15.5 Å². The summed E-state index contributed by atoms with van der Waals surface area (Å²) in [7, 11) is 0. The number of fused-ring (bicyclic) bond motifs is 2. The van der Waals surface area contributed by atoms with Gasteiger partial charge in [-0.1, -0.05) is 53.1 Å². The lowest BCUT2D eigenvalue weighted by Crippen LogP contribution is -2.10. The fourth-order valence-corrected chi connectivity index (χ4v) is 4.19. The number of hydrogen-bond donors (Lipinski definition) is 1. The van der Waals surface area contributed by atoms with E-state index in [2.05, 4.69) is 15.5 Å². The van der Waals surface area contributed by atoms with Gasteiger partial charge >= 0.3 is 6.01 Å². The Bertz CT molecular complexity index is 1270. The average Bonchev–Trinajstić information content (AvgIpc) is 3.39. The molecule has 0 spiro atoms. The SMILES string of the molecule is O=C(Nc1nnc(-c2cc3ccccc3o2)o1)c1sc2ccccc2c1Cl. The first-order valence-electron chi connectivity index (χ1n) is 8.00. The molecule has 3 aromatic heterocycles. The van der Waals surface area contributed by atoms with Crippen LogP contribution in [0.25, 0.3) is 32.7 Å². The zero-order valence-corrected chi connectivity index (χ0v) is 15.2. The molecule has 0 saturated carbocycles. The monoisotopic (exact) mass is 395 g/mol. The number of aromatic nitrogens is 2. The first kappa shape index (κ1) is 16.0. The van der Waals surface area contributed by atoms with Gasteiger partial charge < -0.3 is 8.83 Å². The van der Waals surface area contributed by atoms with Crippen molar-refractivity contribution in [2.45, 2.75) is 0 Å². The predicted molar refractivity (Wildman–Crippen MR) is 104 cm³/mol.